The SMILES string of the molecule is CCCc1ccc(CCc2ccc(-c3ccc(CC(C)c4ccccc4)cc3)cc2)cc1F. The summed E-state index contributed by atoms with van der Waals surface area (Å²) in [5.74, 6) is 0.443. The Balaban J connectivity index is 1.34. The molecule has 0 heterocycles. The Kier molecular flexibility index (Phi) is 7.73. The number of hydrogen-bond acceptors (Lipinski definition) is 0. The minimum Gasteiger partial charge on any atom is -0.207 e. The zero-order chi connectivity index (χ0) is 23.0. The van der Waals surface area contributed by atoms with Crippen LogP contribution in [0.1, 0.15) is 54.0 Å². The first-order chi connectivity index (χ1) is 16.1. The number of hydrogen-bond donors (Lipinski definition) is 0. The van der Waals surface area contributed by atoms with Crippen molar-refractivity contribution in [2.24, 2.45) is 0 Å². The highest BCUT2D eigenvalue weighted by Crippen LogP contribution is 2.24. The maximum Gasteiger partial charge on any atom is 0.126 e. The van der Waals surface area contributed by atoms with Crippen molar-refractivity contribution in [3.8, 4) is 11.1 Å². The summed E-state index contributed by atoms with van der Waals surface area (Å²) in [4.78, 5) is 0. The monoisotopic (exact) mass is 436 g/mol. The molecule has 0 nitrogen and oxygen atoms in total. The molecular formula is C32H33F. The predicted molar refractivity (Wildman–Crippen MR) is 138 cm³/mol. The largest absolute Gasteiger partial charge is 0.207 e. The average molecular weight is 437 g/mol. The molecule has 0 fully saturated rings. The van der Waals surface area contributed by atoms with Crippen molar-refractivity contribution in [1.29, 1.82) is 0 Å². The fraction of sp³-hybridized carbons (Fsp3) is 0.250. The second-order valence-corrected chi connectivity index (χ2v) is 9.09. The lowest BCUT2D eigenvalue weighted by Crippen LogP contribution is -1.98. The molecule has 0 N–H and O–H groups in total. The van der Waals surface area contributed by atoms with Crippen LogP contribution in [0.25, 0.3) is 11.1 Å². The molecule has 0 saturated carbocycles. The molecule has 4 aromatic rings. The van der Waals surface area contributed by atoms with Gasteiger partial charge in [0.1, 0.15) is 5.82 Å². The van der Waals surface area contributed by atoms with Gasteiger partial charge in [0.2, 0.25) is 0 Å². The van der Waals surface area contributed by atoms with E-state index in [4.69, 9.17) is 0 Å². The Morgan fingerprint density at radius 2 is 1.21 bits per heavy atom. The van der Waals surface area contributed by atoms with Gasteiger partial charge in [-0.3, -0.25) is 0 Å². The molecule has 168 valence electrons. The van der Waals surface area contributed by atoms with Gasteiger partial charge in [0.25, 0.3) is 0 Å². The minimum atomic E-state index is -0.0636. The van der Waals surface area contributed by atoms with Gasteiger partial charge in [-0.05, 0) is 76.6 Å². The van der Waals surface area contributed by atoms with Crippen molar-refractivity contribution >= 4 is 0 Å². The number of halogens is 1. The van der Waals surface area contributed by atoms with E-state index in [9.17, 15) is 4.39 Å². The second-order valence-electron chi connectivity index (χ2n) is 9.09. The highest BCUT2D eigenvalue weighted by Gasteiger charge is 2.07. The van der Waals surface area contributed by atoms with E-state index in [2.05, 4.69) is 98.8 Å². The van der Waals surface area contributed by atoms with Gasteiger partial charge in [-0.2, -0.15) is 0 Å². The molecular weight excluding hydrogens is 403 g/mol. The standard InChI is InChI=1S/C32H33F/c1-3-7-31-21-16-27(23-32(31)33)11-10-25-12-17-29(18-13-25)30-19-14-26(15-20-30)22-24(2)28-8-5-4-6-9-28/h4-6,8-9,12-21,23-24H,3,7,10-11,22H2,1-2H3. The van der Waals surface area contributed by atoms with Crippen LogP contribution in [0.5, 0.6) is 0 Å². The minimum absolute atomic E-state index is 0.0636. The lowest BCUT2D eigenvalue weighted by atomic mass is 9.92. The average Bonchev–Trinajstić information content (AvgIpc) is 2.86. The quantitative estimate of drug-likeness (QED) is 0.246. The molecule has 0 aliphatic rings. The fourth-order valence-electron chi connectivity index (χ4n) is 4.46. The van der Waals surface area contributed by atoms with Crippen LogP contribution in [0.4, 0.5) is 4.39 Å². The van der Waals surface area contributed by atoms with E-state index >= 15 is 0 Å². The Morgan fingerprint density at radius 1 is 0.636 bits per heavy atom. The molecule has 0 aromatic heterocycles. The Morgan fingerprint density at radius 3 is 1.82 bits per heavy atom. The Bertz CT molecular complexity index is 1140. The highest BCUT2D eigenvalue weighted by molar-refractivity contribution is 5.64. The maximum atomic E-state index is 14.2. The van der Waals surface area contributed by atoms with Gasteiger partial charge < -0.3 is 0 Å². The van der Waals surface area contributed by atoms with E-state index < -0.39 is 0 Å². The molecule has 4 aromatic carbocycles. The maximum absolute atomic E-state index is 14.2. The summed E-state index contributed by atoms with van der Waals surface area (Å²) in [6, 6.07) is 34.2. The molecule has 0 aliphatic heterocycles. The first-order valence-electron chi connectivity index (χ1n) is 12.1. The van der Waals surface area contributed by atoms with E-state index in [-0.39, 0.29) is 5.82 Å². The third kappa shape index (κ3) is 6.20. The normalized spacial score (nSPS) is 12.0. The van der Waals surface area contributed by atoms with Crippen molar-refractivity contribution in [3.63, 3.8) is 0 Å². The van der Waals surface area contributed by atoms with Crippen LogP contribution in [-0.4, -0.2) is 0 Å². The van der Waals surface area contributed by atoms with Crippen LogP contribution in [0.2, 0.25) is 0 Å². The van der Waals surface area contributed by atoms with E-state index in [1.807, 2.05) is 6.07 Å². The smallest absolute Gasteiger partial charge is 0.126 e. The zero-order valence-corrected chi connectivity index (χ0v) is 19.7. The van der Waals surface area contributed by atoms with Gasteiger partial charge >= 0.3 is 0 Å². The summed E-state index contributed by atoms with van der Waals surface area (Å²) in [7, 11) is 0. The number of aryl methyl sites for hydroxylation is 3. The van der Waals surface area contributed by atoms with Crippen molar-refractivity contribution < 1.29 is 4.39 Å². The number of benzene rings is 4. The lowest BCUT2D eigenvalue weighted by molar-refractivity contribution is 0.605. The fourth-order valence-corrected chi connectivity index (χ4v) is 4.46. The van der Waals surface area contributed by atoms with Gasteiger partial charge in [0.05, 0.1) is 0 Å². The van der Waals surface area contributed by atoms with Crippen molar-refractivity contribution in [2.75, 3.05) is 0 Å². The zero-order valence-electron chi connectivity index (χ0n) is 19.7. The third-order valence-electron chi connectivity index (χ3n) is 6.49. The van der Waals surface area contributed by atoms with Gasteiger partial charge in [-0.15, -0.1) is 0 Å². The molecule has 0 bridgehead atoms. The van der Waals surface area contributed by atoms with Crippen molar-refractivity contribution in [1.82, 2.24) is 0 Å². The Labute approximate surface area is 198 Å². The van der Waals surface area contributed by atoms with Crippen molar-refractivity contribution in [2.45, 2.75) is 51.9 Å². The molecule has 4 rings (SSSR count). The van der Waals surface area contributed by atoms with Crippen LogP contribution in [-0.2, 0) is 25.7 Å². The summed E-state index contributed by atoms with van der Waals surface area (Å²) >= 11 is 0. The lowest BCUT2D eigenvalue weighted by Gasteiger charge is -2.12. The molecule has 1 unspecified atom stereocenters. The van der Waals surface area contributed by atoms with Crippen LogP contribution in [0.3, 0.4) is 0 Å². The second kappa shape index (κ2) is 11.1. The predicted octanol–water partition coefficient (Wildman–Crippen LogP) is 8.58. The first-order valence-corrected chi connectivity index (χ1v) is 12.1. The van der Waals surface area contributed by atoms with E-state index in [1.165, 1.54) is 27.8 Å². The van der Waals surface area contributed by atoms with Crippen LogP contribution in [0, 0.1) is 5.82 Å². The molecule has 1 heteroatoms. The van der Waals surface area contributed by atoms with E-state index in [0.717, 1.165) is 43.2 Å². The van der Waals surface area contributed by atoms with Crippen LogP contribution in [0.15, 0.2) is 97.1 Å². The summed E-state index contributed by atoms with van der Waals surface area (Å²) < 4.78 is 14.2. The topological polar surface area (TPSA) is 0 Å². The van der Waals surface area contributed by atoms with Gasteiger partial charge in [0.15, 0.2) is 0 Å². The first kappa shape index (κ1) is 23.0. The molecule has 0 aliphatic carbocycles. The summed E-state index contributed by atoms with van der Waals surface area (Å²) in [6.45, 7) is 4.37. The van der Waals surface area contributed by atoms with Gasteiger partial charge in [-0.25, -0.2) is 4.39 Å². The molecule has 33 heavy (non-hydrogen) atoms. The van der Waals surface area contributed by atoms with Crippen molar-refractivity contribution in [3.05, 3.63) is 131 Å². The molecule has 0 radical (unpaired) electrons. The molecule has 0 amide bonds. The summed E-state index contributed by atoms with van der Waals surface area (Å²) in [5.41, 5.74) is 8.40. The number of rotatable bonds is 9. The molecule has 0 spiro atoms. The summed E-state index contributed by atoms with van der Waals surface area (Å²) in [5, 5.41) is 0. The van der Waals surface area contributed by atoms with Crippen LogP contribution >= 0.6 is 0 Å². The van der Waals surface area contributed by atoms with E-state index in [0.29, 0.717) is 5.92 Å². The highest BCUT2D eigenvalue weighted by atomic mass is 19.1. The summed E-state index contributed by atoms with van der Waals surface area (Å²) in [6.07, 6.45) is 4.60. The molecule has 0 saturated heterocycles. The van der Waals surface area contributed by atoms with Crippen LogP contribution < -0.4 is 0 Å². The van der Waals surface area contributed by atoms with E-state index in [1.54, 1.807) is 6.07 Å². The van der Waals surface area contributed by atoms with Gasteiger partial charge in [-0.1, -0.05) is 111 Å². The van der Waals surface area contributed by atoms with Gasteiger partial charge in [0, 0.05) is 0 Å². The molecule has 1 atom stereocenters. The Hall–Kier alpha value is -3.19. The third-order valence-corrected chi connectivity index (χ3v) is 6.49.